The Morgan fingerprint density at radius 2 is 1.78 bits per heavy atom. The molecule has 1 heteroatoms. The molecule has 2 rings (SSSR count). The predicted molar refractivity (Wildman–Crippen MR) is 78.1 cm³/mol. The minimum atomic E-state index is 0.524. The predicted octanol–water partition coefficient (Wildman–Crippen LogP) is 4.69. The van der Waals surface area contributed by atoms with Crippen LogP contribution in [0.5, 0.6) is 0 Å². The van der Waals surface area contributed by atoms with Crippen LogP contribution in [0.3, 0.4) is 0 Å². The Morgan fingerprint density at radius 1 is 1.11 bits per heavy atom. The van der Waals surface area contributed by atoms with Gasteiger partial charge in [-0.1, -0.05) is 44.9 Å². The lowest BCUT2D eigenvalue weighted by Crippen LogP contribution is -2.37. The molecule has 0 bridgehead atoms. The van der Waals surface area contributed by atoms with E-state index in [-0.39, 0.29) is 0 Å². The van der Waals surface area contributed by atoms with Gasteiger partial charge in [0.2, 0.25) is 0 Å². The molecule has 3 atom stereocenters. The highest BCUT2D eigenvalue weighted by molar-refractivity contribution is 5.38. The SMILES string of the molecule is Cc1ccc([N]C2CC(C)CCC2C(C)C)cc1. The molecule has 0 saturated heterocycles. The third-order valence-corrected chi connectivity index (χ3v) is 4.34. The summed E-state index contributed by atoms with van der Waals surface area (Å²) in [5.74, 6) is 2.35. The molecule has 0 heterocycles. The molecule has 1 aromatic rings. The maximum absolute atomic E-state index is 5.01. The van der Waals surface area contributed by atoms with Gasteiger partial charge in [-0.3, -0.25) is 5.32 Å². The van der Waals surface area contributed by atoms with Crippen LogP contribution in [-0.4, -0.2) is 6.04 Å². The van der Waals surface area contributed by atoms with Gasteiger partial charge in [0.25, 0.3) is 0 Å². The van der Waals surface area contributed by atoms with Gasteiger partial charge in [-0.05, 0) is 49.7 Å². The molecule has 1 nitrogen and oxygen atoms in total. The number of rotatable bonds is 3. The average molecular weight is 244 g/mol. The topological polar surface area (TPSA) is 14.1 Å². The van der Waals surface area contributed by atoms with Crippen LogP contribution in [-0.2, 0) is 0 Å². The maximum Gasteiger partial charge on any atom is 0.0577 e. The van der Waals surface area contributed by atoms with Crippen LogP contribution in [0.25, 0.3) is 0 Å². The molecular weight excluding hydrogens is 218 g/mol. The zero-order valence-corrected chi connectivity index (χ0v) is 12.2. The van der Waals surface area contributed by atoms with Gasteiger partial charge in [0, 0.05) is 0 Å². The monoisotopic (exact) mass is 244 g/mol. The number of aryl methyl sites for hydroxylation is 1. The lowest BCUT2D eigenvalue weighted by Gasteiger charge is -2.37. The van der Waals surface area contributed by atoms with Crippen LogP contribution in [0.1, 0.15) is 45.6 Å². The molecule has 1 radical (unpaired) electrons. The first-order valence-electron chi connectivity index (χ1n) is 7.33. The molecule has 1 fully saturated rings. The molecule has 3 unspecified atom stereocenters. The van der Waals surface area contributed by atoms with Crippen molar-refractivity contribution in [3.63, 3.8) is 0 Å². The first kappa shape index (κ1) is 13.5. The van der Waals surface area contributed by atoms with Gasteiger partial charge < -0.3 is 0 Å². The van der Waals surface area contributed by atoms with Crippen molar-refractivity contribution in [2.75, 3.05) is 0 Å². The normalized spacial score (nSPS) is 28.4. The molecule has 1 saturated carbocycles. The number of hydrogen-bond donors (Lipinski definition) is 0. The standard InChI is InChI=1S/C17H26N/c1-12(2)16-10-7-14(4)11-17(16)18-15-8-5-13(3)6-9-15/h5-6,8-9,12,14,16-17H,7,10-11H2,1-4H3. The Kier molecular flexibility index (Phi) is 4.31. The fraction of sp³-hybridized carbons (Fsp3) is 0.647. The van der Waals surface area contributed by atoms with Gasteiger partial charge in [-0.15, -0.1) is 0 Å². The van der Waals surface area contributed by atoms with Gasteiger partial charge in [0.1, 0.15) is 0 Å². The van der Waals surface area contributed by atoms with E-state index in [1.165, 1.54) is 24.8 Å². The van der Waals surface area contributed by atoms with Crippen molar-refractivity contribution in [1.82, 2.24) is 5.32 Å². The van der Waals surface area contributed by atoms with E-state index in [4.69, 9.17) is 5.32 Å². The van der Waals surface area contributed by atoms with E-state index in [2.05, 4.69) is 52.0 Å². The molecule has 0 N–H and O–H groups in total. The summed E-state index contributed by atoms with van der Waals surface area (Å²) in [5, 5.41) is 5.01. The number of nitrogens with zero attached hydrogens (tertiary/aromatic N) is 1. The minimum absolute atomic E-state index is 0.524. The van der Waals surface area contributed by atoms with Crippen molar-refractivity contribution in [1.29, 1.82) is 0 Å². The average Bonchev–Trinajstić information content (AvgIpc) is 2.32. The molecule has 0 aromatic heterocycles. The minimum Gasteiger partial charge on any atom is -0.282 e. The second-order valence-electron chi connectivity index (χ2n) is 6.36. The van der Waals surface area contributed by atoms with Crippen LogP contribution in [0.15, 0.2) is 24.3 Å². The Balaban J connectivity index is 2.06. The summed E-state index contributed by atoms with van der Waals surface area (Å²) in [6.45, 7) is 9.19. The second-order valence-corrected chi connectivity index (χ2v) is 6.36. The third-order valence-electron chi connectivity index (χ3n) is 4.34. The van der Waals surface area contributed by atoms with Crippen molar-refractivity contribution >= 4 is 5.69 Å². The molecular formula is C17H26N. The maximum atomic E-state index is 5.01. The van der Waals surface area contributed by atoms with E-state index in [9.17, 15) is 0 Å². The molecule has 0 spiro atoms. The van der Waals surface area contributed by atoms with Gasteiger partial charge in [-0.25, -0.2) is 0 Å². The van der Waals surface area contributed by atoms with E-state index >= 15 is 0 Å². The van der Waals surface area contributed by atoms with Gasteiger partial charge >= 0.3 is 0 Å². The summed E-state index contributed by atoms with van der Waals surface area (Å²) in [6.07, 6.45) is 3.98. The molecule has 18 heavy (non-hydrogen) atoms. The summed E-state index contributed by atoms with van der Waals surface area (Å²) in [4.78, 5) is 0. The zero-order chi connectivity index (χ0) is 13.1. The van der Waals surface area contributed by atoms with Gasteiger partial charge in [-0.2, -0.15) is 0 Å². The van der Waals surface area contributed by atoms with E-state index in [0.29, 0.717) is 6.04 Å². The summed E-state index contributed by atoms with van der Waals surface area (Å²) < 4.78 is 0. The van der Waals surface area contributed by atoms with Crippen molar-refractivity contribution in [2.24, 2.45) is 17.8 Å². The smallest absolute Gasteiger partial charge is 0.0577 e. The summed E-state index contributed by atoms with van der Waals surface area (Å²) in [6, 6.07) is 9.17. The summed E-state index contributed by atoms with van der Waals surface area (Å²) in [5.41, 5.74) is 2.47. The van der Waals surface area contributed by atoms with E-state index in [1.54, 1.807) is 0 Å². The van der Waals surface area contributed by atoms with Crippen LogP contribution >= 0.6 is 0 Å². The highest BCUT2D eigenvalue weighted by Gasteiger charge is 2.31. The van der Waals surface area contributed by atoms with Crippen LogP contribution in [0, 0.1) is 24.7 Å². The second kappa shape index (κ2) is 5.77. The van der Waals surface area contributed by atoms with Gasteiger partial charge in [0.05, 0.1) is 11.7 Å². The van der Waals surface area contributed by atoms with Gasteiger partial charge in [0.15, 0.2) is 0 Å². The number of hydrogen-bond acceptors (Lipinski definition) is 0. The van der Waals surface area contributed by atoms with E-state index < -0.39 is 0 Å². The molecule has 0 aliphatic heterocycles. The zero-order valence-electron chi connectivity index (χ0n) is 12.2. The third kappa shape index (κ3) is 3.28. The Bertz CT molecular complexity index is 366. The fourth-order valence-electron chi connectivity index (χ4n) is 3.12. The Hall–Kier alpha value is -0.980. The van der Waals surface area contributed by atoms with Crippen LogP contribution in [0.2, 0.25) is 0 Å². The Labute approximate surface area is 112 Å². The first-order valence-corrected chi connectivity index (χ1v) is 7.33. The molecule has 1 aromatic carbocycles. The van der Waals surface area contributed by atoms with Crippen molar-refractivity contribution < 1.29 is 0 Å². The molecule has 1 aliphatic carbocycles. The molecule has 1 aliphatic rings. The van der Waals surface area contributed by atoms with Crippen molar-refractivity contribution in [3.05, 3.63) is 29.8 Å². The highest BCUT2D eigenvalue weighted by atomic mass is 14.9. The Morgan fingerprint density at radius 3 is 2.39 bits per heavy atom. The van der Waals surface area contributed by atoms with Crippen LogP contribution < -0.4 is 5.32 Å². The lowest BCUT2D eigenvalue weighted by atomic mass is 9.74. The first-order chi connectivity index (χ1) is 8.56. The van der Waals surface area contributed by atoms with Crippen LogP contribution in [0.4, 0.5) is 5.69 Å². The van der Waals surface area contributed by atoms with E-state index in [1.807, 2.05) is 0 Å². The lowest BCUT2D eigenvalue weighted by molar-refractivity contribution is 0.181. The summed E-state index contributed by atoms with van der Waals surface area (Å²) in [7, 11) is 0. The summed E-state index contributed by atoms with van der Waals surface area (Å²) >= 11 is 0. The number of benzene rings is 1. The van der Waals surface area contributed by atoms with E-state index in [0.717, 1.165) is 23.4 Å². The fourth-order valence-corrected chi connectivity index (χ4v) is 3.12. The highest BCUT2D eigenvalue weighted by Crippen LogP contribution is 2.35. The molecule has 99 valence electrons. The molecule has 0 amide bonds. The quantitative estimate of drug-likeness (QED) is 0.732. The largest absolute Gasteiger partial charge is 0.282 e. The van der Waals surface area contributed by atoms with Crippen molar-refractivity contribution in [2.45, 2.75) is 53.0 Å². The van der Waals surface area contributed by atoms with Crippen molar-refractivity contribution in [3.8, 4) is 0 Å².